The highest BCUT2D eigenvalue weighted by Gasteiger charge is 2.20. The van der Waals surface area contributed by atoms with Crippen LogP contribution in [-0.4, -0.2) is 70.0 Å². The van der Waals surface area contributed by atoms with E-state index in [4.69, 9.17) is 19.6 Å². The number of hydrogen-bond acceptors (Lipinski definition) is 6. The summed E-state index contributed by atoms with van der Waals surface area (Å²) in [5.74, 6) is 0. The second-order valence-electron chi connectivity index (χ2n) is 4.05. The van der Waals surface area contributed by atoms with Crippen molar-refractivity contribution in [1.29, 1.82) is 0 Å². The Labute approximate surface area is 111 Å². The molecule has 0 aliphatic heterocycles. The number of phosphoric ester groups is 2. The fraction of sp³-hybridized carbons (Fsp3) is 1.00. The van der Waals surface area contributed by atoms with Crippen molar-refractivity contribution in [2.45, 2.75) is 6.42 Å². The quantitative estimate of drug-likeness (QED) is 0.303. The third-order valence-electron chi connectivity index (χ3n) is 1.90. The van der Waals surface area contributed by atoms with Crippen molar-refractivity contribution >= 4 is 15.6 Å². The molecule has 116 valence electrons. The molecule has 0 fully saturated rings. The Kier molecular flexibility index (Phi) is 8.49. The summed E-state index contributed by atoms with van der Waals surface area (Å²) in [7, 11) is -5.57. The van der Waals surface area contributed by atoms with Crippen LogP contribution < -0.4 is 0 Å². The maximum absolute atomic E-state index is 10.6. The molecule has 0 amide bonds. The molecule has 0 aromatic rings. The van der Waals surface area contributed by atoms with E-state index in [0.717, 1.165) is 0 Å². The first-order valence-corrected chi connectivity index (χ1v) is 8.33. The Morgan fingerprint density at radius 1 is 0.895 bits per heavy atom. The highest BCUT2D eigenvalue weighted by Crippen LogP contribution is 2.37. The molecular weight excluding hydrogens is 302 g/mol. The van der Waals surface area contributed by atoms with Gasteiger partial charge in [-0.1, -0.05) is 0 Å². The van der Waals surface area contributed by atoms with Crippen molar-refractivity contribution in [2.24, 2.45) is 0 Å². The van der Waals surface area contributed by atoms with Crippen LogP contribution in [0.5, 0.6) is 0 Å². The molecule has 0 saturated heterocycles. The fourth-order valence-corrected chi connectivity index (χ4v) is 1.72. The molecule has 0 spiro atoms. The van der Waals surface area contributed by atoms with Crippen molar-refractivity contribution in [2.75, 3.05) is 40.6 Å². The molecule has 0 atom stereocenters. The van der Waals surface area contributed by atoms with E-state index in [1.165, 1.54) is 4.90 Å². The second-order valence-corrected chi connectivity index (χ2v) is 6.53. The Bertz CT molecular complexity index is 314. The summed E-state index contributed by atoms with van der Waals surface area (Å²) in [6, 6.07) is 0. The van der Waals surface area contributed by atoms with Gasteiger partial charge in [0.25, 0.3) is 0 Å². The monoisotopic (exact) mass is 322 g/mol. The van der Waals surface area contributed by atoms with E-state index in [2.05, 4.69) is 9.05 Å². The Hall–Kier alpha value is 0.140. The Morgan fingerprint density at radius 3 is 1.63 bits per heavy atom. The van der Waals surface area contributed by atoms with Gasteiger partial charge in [0, 0.05) is 6.54 Å². The van der Waals surface area contributed by atoms with Gasteiger partial charge in [-0.2, -0.15) is 0 Å². The molecule has 4 N–H and O–H groups in total. The van der Waals surface area contributed by atoms with Crippen molar-refractivity contribution in [3.8, 4) is 0 Å². The topological polar surface area (TPSA) is 140 Å². The summed E-state index contributed by atoms with van der Waals surface area (Å²) in [6.07, 6.45) is 0.613. The standard InChI is InChI=1S/C7H20N2O8P2/c1-8(2)4-3-5-9(6-16-18(10,11)12)7-17-19(13,14)15/h3-7H2,1-2H3,(H2,10,11,12)(H2,13,14,15). The van der Waals surface area contributed by atoms with Crippen LogP contribution in [0.1, 0.15) is 6.42 Å². The highest BCUT2D eigenvalue weighted by molar-refractivity contribution is 7.46. The zero-order chi connectivity index (χ0) is 15.1. The number of hydrogen-bond donors (Lipinski definition) is 4. The summed E-state index contributed by atoms with van der Waals surface area (Å²) in [5.41, 5.74) is 0. The number of nitrogens with zero attached hydrogens (tertiary/aromatic N) is 2. The minimum absolute atomic E-state index is 0.304. The first-order valence-electron chi connectivity index (χ1n) is 5.27. The van der Waals surface area contributed by atoms with Gasteiger partial charge in [-0.25, -0.2) is 9.13 Å². The molecule has 12 heteroatoms. The van der Waals surface area contributed by atoms with E-state index in [9.17, 15) is 9.13 Å². The van der Waals surface area contributed by atoms with Crippen LogP contribution in [0, 0.1) is 0 Å². The van der Waals surface area contributed by atoms with Gasteiger partial charge in [0.05, 0.1) is 0 Å². The van der Waals surface area contributed by atoms with Crippen LogP contribution in [0.15, 0.2) is 0 Å². The van der Waals surface area contributed by atoms with E-state index in [0.29, 0.717) is 19.5 Å². The molecule has 10 nitrogen and oxygen atoms in total. The first kappa shape index (κ1) is 19.1. The summed E-state index contributed by atoms with van der Waals surface area (Å²) in [5, 5.41) is 0. The minimum atomic E-state index is -4.64. The molecule has 0 aliphatic carbocycles. The zero-order valence-corrected chi connectivity index (χ0v) is 12.5. The third kappa shape index (κ3) is 14.4. The van der Waals surface area contributed by atoms with Gasteiger partial charge >= 0.3 is 15.6 Å². The molecule has 0 bridgehead atoms. The minimum Gasteiger partial charge on any atom is -0.309 e. The summed E-state index contributed by atoms with van der Waals surface area (Å²) in [6.45, 7) is 0.0237. The van der Waals surface area contributed by atoms with Gasteiger partial charge in [0.1, 0.15) is 13.5 Å². The molecule has 0 heterocycles. The van der Waals surface area contributed by atoms with E-state index in [1.807, 2.05) is 19.0 Å². The second kappa shape index (κ2) is 8.43. The van der Waals surface area contributed by atoms with Crippen molar-refractivity contribution in [1.82, 2.24) is 9.80 Å². The lowest BCUT2D eigenvalue weighted by atomic mass is 10.4. The Morgan fingerprint density at radius 2 is 1.32 bits per heavy atom. The lowest BCUT2D eigenvalue weighted by Gasteiger charge is -2.22. The molecule has 0 unspecified atom stereocenters. The molecule has 0 rings (SSSR count). The fourth-order valence-electron chi connectivity index (χ4n) is 1.09. The molecular formula is C7H20N2O8P2. The van der Waals surface area contributed by atoms with E-state index >= 15 is 0 Å². The summed E-state index contributed by atoms with van der Waals surface area (Å²) < 4.78 is 29.6. The molecule has 0 aromatic heterocycles. The molecule has 0 radical (unpaired) electrons. The lowest BCUT2D eigenvalue weighted by molar-refractivity contribution is 0.0237. The smallest absolute Gasteiger partial charge is 0.309 e. The zero-order valence-electron chi connectivity index (χ0n) is 10.7. The lowest BCUT2D eigenvalue weighted by Crippen LogP contribution is -2.31. The van der Waals surface area contributed by atoms with Gasteiger partial charge in [0.15, 0.2) is 0 Å². The largest absolute Gasteiger partial charge is 0.470 e. The van der Waals surface area contributed by atoms with E-state index in [1.54, 1.807) is 0 Å². The van der Waals surface area contributed by atoms with E-state index in [-0.39, 0.29) is 0 Å². The highest BCUT2D eigenvalue weighted by atomic mass is 31.2. The van der Waals surface area contributed by atoms with Crippen LogP contribution >= 0.6 is 15.6 Å². The average Bonchev–Trinajstić information content (AvgIpc) is 2.18. The third-order valence-corrected chi connectivity index (χ3v) is 2.80. The average molecular weight is 322 g/mol. The predicted octanol–water partition coefficient (Wildman–Crippen LogP) is -0.626. The van der Waals surface area contributed by atoms with Crippen LogP contribution in [0.4, 0.5) is 0 Å². The Balaban J connectivity index is 4.22. The molecule has 19 heavy (non-hydrogen) atoms. The van der Waals surface area contributed by atoms with Crippen molar-refractivity contribution < 1.29 is 37.8 Å². The van der Waals surface area contributed by atoms with Gasteiger partial charge in [-0.15, -0.1) is 0 Å². The van der Waals surface area contributed by atoms with Gasteiger partial charge in [-0.05, 0) is 27.1 Å². The maximum atomic E-state index is 10.6. The van der Waals surface area contributed by atoms with Gasteiger partial charge < -0.3 is 24.5 Å². The van der Waals surface area contributed by atoms with Crippen LogP contribution in [0.25, 0.3) is 0 Å². The SMILES string of the molecule is CN(C)CCCN(COP(=O)(O)O)COP(=O)(O)O. The molecule has 0 saturated carbocycles. The van der Waals surface area contributed by atoms with Gasteiger partial charge in [-0.3, -0.25) is 13.9 Å². The number of phosphoric acid groups is 2. The normalized spacial score (nSPS) is 13.5. The molecule has 0 aliphatic rings. The van der Waals surface area contributed by atoms with Crippen LogP contribution in [0.3, 0.4) is 0 Å². The molecule has 0 aromatic carbocycles. The van der Waals surface area contributed by atoms with Crippen LogP contribution in [0.2, 0.25) is 0 Å². The predicted molar refractivity (Wildman–Crippen MR) is 65.9 cm³/mol. The summed E-state index contributed by atoms with van der Waals surface area (Å²) in [4.78, 5) is 37.4. The number of rotatable bonds is 10. The van der Waals surface area contributed by atoms with Crippen molar-refractivity contribution in [3.63, 3.8) is 0 Å². The maximum Gasteiger partial charge on any atom is 0.470 e. The van der Waals surface area contributed by atoms with Gasteiger partial charge in [0.2, 0.25) is 0 Å². The first-order chi connectivity index (χ1) is 8.49. The summed E-state index contributed by atoms with van der Waals surface area (Å²) >= 11 is 0. The van der Waals surface area contributed by atoms with E-state index < -0.39 is 29.1 Å². The van der Waals surface area contributed by atoms with Crippen LogP contribution in [-0.2, 0) is 18.2 Å². The van der Waals surface area contributed by atoms with Crippen molar-refractivity contribution in [3.05, 3.63) is 0 Å².